The lowest BCUT2D eigenvalue weighted by Gasteiger charge is -2.19. The Labute approximate surface area is 128 Å². The molecule has 0 spiro atoms. The molecule has 0 unspecified atom stereocenters. The van der Waals surface area contributed by atoms with Crippen molar-refractivity contribution in [3.05, 3.63) is 28.2 Å². The van der Waals surface area contributed by atoms with Crippen LogP contribution in [0.4, 0.5) is 5.69 Å². The van der Waals surface area contributed by atoms with E-state index in [1.807, 2.05) is 32.2 Å². The number of carbonyl (C=O) groups is 1. The average Bonchev–Trinajstić information content (AvgIpc) is 2.85. The lowest BCUT2D eigenvalue weighted by atomic mass is 10.1. The van der Waals surface area contributed by atoms with E-state index in [0.29, 0.717) is 12.5 Å². The molecule has 1 atom stereocenters. The summed E-state index contributed by atoms with van der Waals surface area (Å²) in [4.78, 5) is 14.1. The van der Waals surface area contributed by atoms with Gasteiger partial charge in [0.2, 0.25) is 5.91 Å². The van der Waals surface area contributed by atoms with Gasteiger partial charge in [0.25, 0.3) is 0 Å². The Morgan fingerprint density at radius 1 is 1.55 bits per heavy atom. The molecule has 1 aliphatic rings. The van der Waals surface area contributed by atoms with Crippen LogP contribution in [0.25, 0.3) is 0 Å². The largest absolute Gasteiger partial charge is 0.381 e. The van der Waals surface area contributed by atoms with Gasteiger partial charge in [0.15, 0.2) is 0 Å². The number of carbonyl (C=O) groups excluding carboxylic acids is 1. The Morgan fingerprint density at radius 2 is 2.35 bits per heavy atom. The molecule has 1 aliphatic heterocycles. The first kappa shape index (κ1) is 15.5. The van der Waals surface area contributed by atoms with Gasteiger partial charge in [0.05, 0.1) is 13.2 Å². The minimum Gasteiger partial charge on any atom is -0.381 e. The molecule has 0 bridgehead atoms. The van der Waals surface area contributed by atoms with Crippen molar-refractivity contribution in [1.82, 2.24) is 4.90 Å². The molecular weight excluding hydrogens is 320 g/mol. The Morgan fingerprint density at radius 3 is 3.00 bits per heavy atom. The minimum absolute atomic E-state index is 0.0248. The fourth-order valence-corrected chi connectivity index (χ4v) is 2.91. The molecular formula is C15H21BrN2O2. The lowest BCUT2D eigenvalue weighted by molar-refractivity contribution is -0.117. The number of likely N-dealkylation sites (N-methyl/N-ethyl adjacent to an activating group) is 1. The third kappa shape index (κ3) is 4.58. The Kier molecular flexibility index (Phi) is 5.57. The highest BCUT2D eigenvalue weighted by molar-refractivity contribution is 9.10. The first-order chi connectivity index (χ1) is 9.54. The molecule has 0 saturated carbocycles. The molecule has 1 aromatic carbocycles. The smallest absolute Gasteiger partial charge is 0.238 e. The van der Waals surface area contributed by atoms with Gasteiger partial charge in [-0.05, 0) is 50.1 Å². The minimum atomic E-state index is 0.0248. The highest BCUT2D eigenvalue weighted by Gasteiger charge is 2.18. The van der Waals surface area contributed by atoms with Crippen LogP contribution in [-0.2, 0) is 9.53 Å². The van der Waals surface area contributed by atoms with Crippen molar-refractivity contribution in [1.29, 1.82) is 0 Å². The van der Waals surface area contributed by atoms with Crippen LogP contribution in [0.2, 0.25) is 0 Å². The fourth-order valence-electron chi connectivity index (χ4n) is 2.43. The zero-order valence-corrected chi connectivity index (χ0v) is 13.6. The summed E-state index contributed by atoms with van der Waals surface area (Å²) in [6.45, 7) is 4.97. The van der Waals surface area contributed by atoms with E-state index in [9.17, 15) is 4.79 Å². The van der Waals surface area contributed by atoms with Crippen molar-refractivity contribution >= 4 is 27.5 Å². The summed E-state index contributed by atoms with van der Waals surface area (Å²) in [6, 6.07) is 5.85. The summed E-state index contributed by atoms with van der Waals surface area (Å²) in [5, 5.41) is 2.96. The highest BCUT2D eigenvalue weighted by atomic mass is 79.9. The van der Waals surface area contributed by atoms with Crippen molar-refractivity contribution in [2.24, 2.45) is 5.92 Å². The van der Waals surface area contributed by atoms with Gasteiger partial charge in [-0.25, -0.2) is 0 Å². The zero-order valence-electron chi connectivity index (χ0n) is 12.0. The number of rotatable bonds is 5. The van der Waals surface area contributed by atoms with Gasteiger partial charge in [0.1, 0.15) is 0 Å². The number of ether oxygens (including phenoxy) is 1. The zero-order chi connectivity index (χ0) is 14.5. The van der Waals surface area contributed by atoms with Crippen molar-refractivity contribution in [3.63, 3.8) is 0 Å². The second kappa shape index (κ2) is 7.20. The molecule has 110 valence electrons. The number of anilines is 1. The Bertz CT molecular complexity index is 473. The molecule has 4 nitrogen and oxygen atoms in total. The van der Waals surface area contributed by atoms with Crippen LogP contribution in [0, 0.1) is 12.8 Å². The van der Waals surface area contributed by atoms with Crippen molar-refractivity contribution in [3.8, 4) is 0 Å². The van der Waals surface area contributed by atoms with Crippen molar-refractivity contribution in [2.75, 3.05) is 38.7 Å². The molecule has 0 aromatic heterocycles. The topological polar surface area (TPSA) is 41.6 Å². The first-order valence-corrected chi connectivity index (χ1v) is 7.66. The van der Waals surface area contributed by atoms with Crippen molar-refractivity contribution in [2.45, 2.75) is 13.3 Å². The van der Waals surface area contributed by atoms with Crippen LogP contribution in [-0.4, -0.2) is 44.2 Å². The number of nitrogens with zero attached hydrogens (tertiary/aromatic N) is 1. The van der Waals surface area contributed by atoms with E-state index in [2.05, 4.69) is 26.1 Å². The molecule has 1 saturated heterocycles. The van der Waals surface area contributed by atoms with Crippen LogP contribution in [0.3, 0.4) is 0 Å². The van der Waals surface area contributed by atoms with E-state index >= 15 is 0 Å². The number of aryl methyl sites for hydroxylation is 1. The maximum Gasteiger partial charge on any atom is 0.238 e. The van der Waals surface area contributed by atoms with Gasteiger partial charge in [-0.15, -0.1) is 0 Å². The molecule has 1 fully saturated rings. The number of hydrogen-bond acceptors (Lipinski definition) is 3. The predicted octanol–water partition coefficient (Wildman–Crippen LogP) is 2.66. The van der Waals surface area contributed by atoms with E-state index < -0.39 is 0 Å². The van der Waals surface area contributed by atoms with Crippen molar-refractivity contribution < 1.29 is 9.53 Å². The average molecular weight is 341 g/mol. The summed E-state index contributed by atoms with van der Waals surface area (Å²) in [5.41, 5.74) is 1.93. The number of nitrogens with one attached hydrogen (secondary N) is 1. The van der Waals surface area contributed by atoms with Gasteiger partial charge < -0.3 is 10.1 Å². The summed E-state index contributed by atoms with van der Waals surface area (Å²) in [6.07, 6.45) is 1.10. The second-order valence-electron chi connectivity index (χ2n) is 5.43. The normalized spacial score (nSPS) is 18.5. The standard InChI is InChI=1S/C15H21BrN2O2/c1-11-7-13(16)3-4-14(11)17-15(19)9-18(2)8-12-5-6-20-10-12/h3-4,7,12H,5-6,8-10H2,1-2H3,(H,17,19)/t12-/m0/s1. The van der Waals surface area contributed by atoms with Gasteiger partial charge >= 0.3 is 0 Å². The van der Waals surface area contributed by atoms with E-state index in [-0.39, 0.29) is 5.91 Å². The van der Waals surface area contributed by atoms with Gasteiger partial charge in [-0.2, -0.15) is 0 Å². The molecule has 5 heteroatoms. The van der Waals surface area contributed by atoms with E-state index in [0.717, 1.165) is 41.9 Å². The predicted molar refractivity (Wildman–Crippen MR) is 83.9 cm³/mol. The van der Waals surface area contributed by atoms with Crippen LogP contribution in [0.15, 0.2) is 22.7 Å². The molecule has 1 aromatic rings. The summed E-state index contributed by atoms with van der Waals surface area (Å²) in [5.74, 6) is 0.582. The van der Waals surface area contributed by atoms with E-state index in [1.54, 1.807) is 0 Å². The summed E-state index contributed by atoms with van der Waals surface area (Å²) in [7, 11) is 1.98. The van der Waals surface area contributed by atoms with Crippen LogP contribution < -0.4 is 5.32 Å². The molecule has 20 heavy (non-hydrogen) atoms. The first-order valence-electron chi connectivity index (χ1n) is 6.87. The quantitative estimate of drug-likeness (QED) is 0.895. The summed E-state index contributed by atoms with van der Waals surface area (Å²) >= 11 is 3.42. The van der Waals surface area contributed by atoms with Gasteiger partial charge in [-0.1, -0.05) is 15.9 Å². The molecule has 2 rings (SSSR count). The number of amides is 1. The SMILES string of the molecule is Cc1cc(Br)ccc1NC(=O)CN(C)C[C@@H]1CCOC1. The lowest BCUT2D eigenvalue weighted by Crippen LogP contribution is -2.34. The Balaban J connectivity index is 1.82. The van der Waals surface area contributed by atoms with Crippen LogP contribution >= 0.6 is 15.9 Å². The number of benzene rings is 1. The fraction of sp³-hybridized carbons (Fsp3) is 0.533. The summed E-state index contributed by atoms with van der Waals surface area (Å²) < 4.78 is 6.37. The molecule has 1 heterocycles. The third-order valence-corrected chi connectivity index (χ3v) is 3.96. The maximum absolute atomic E-state index is 12.0. The van der Waals surface area contributed by atoms with E-state index in [4.69, 9.17) is 4.74 Å². The van der Waals surface area contributed by atoms with E-state index in [1.165, 1.54) is 0 Å². The maximum atomic E-state index is 12.0. The monoisotopic (exact) mass is 340 g/mol. The van der Waals surface area contributed by atoms with Gasteiger partial charge in [0, 0.05) is 23.3 Å². The Hall–Kier alpha value is -0.910. The van der Waals surface area contributed by atoms with Crippen LogP contribution in [0.5, 0.6) is 0 Å². The molecule has 0 aliphatic carbocycles. The number of hydrogen-bond donors (Lipinski definition) is 1. The molecule has 1 N–H and O–H groups in total. The highest BCUT2D eigenvalue weighted by Crippen LogP contribution is 2.20. The molecule has 1 amide bonds. The third-order valence-electron chi connectivity index (χ3n) is 3.47. The second-order valence-corrected chi connectivity index (χ2v) is 6.35. The number of halogens is 1. The van der Waals surface area contributed by atoms with Crippen LogP contribution in [0.1, 0.15) is 12.0 Å². The van der Waals surface area contributed by atoms with Gasteiger partial charge in [-0.3, -0.25) is 9.69 Å². The molecule has 0 radical (unpaired) electrons.